The summed E-state index contributed by atoms with van der Waals surface area (Å²) < 4.78 is 0. The highest BCUT2D eigenvalue weighted by atomic mass is 16.3. The lowest BCUT2D eigenvalue weighted by Gasteiger charge is -2.34. The molecule has 1 atom stereocenters. The SMILES string of the molecule is CC(C)CN1CCC(N[C@@H](C)CO)CC1. The number of aliphatic hydroxyl groups excluding tert-OH is 1. The minimum absolute atomic E-state index is 0.242. The third-order valence-electron chi connectivity index (χ3n) is 3.01. The zero-order valence-corrected chi connectivity index (χ0v) is 10.4. The Kier molecular flexibility index (Phi) is 5.58. The van der Waals surface area contributed by atoms with E-state index in [4.69, 9.17) is 5.11 Å². The first-order valence-corrected chi connectivity index (χ1v) is 6.21. The van der Waals surface area contributed by atoms with Gasteiger partial charge in [-0.3, -0.25) is 0 Å². The fourth-order valence-corrected chi connectivity index (χ4v) is 2.25. The number of hydrogen-bond donors (Lipinski definition) is 2. The van der Waals surface area contributed by atoms with Crippen molar-refractivity contribution in [3.8, 4) is 0 Å². The van der Waals surface area contributed by atoms with Gasteiger partial charge in [-0.05, 0) is 38.8 Å². The Balaban J connectivity index is 2.18. The van der Waals surface area contributed by atoms with E-state index in [2.05, 4.69) is 24.1 Å². The van der Waals surface area contributed by atoms with Crippen molar-refractivity contribution in [2.45, 2.75) is 45.7 Å². The van der Waals surface area contributed by atoms with Crippen LogP contribution in [0.15, 0.2) is 0 Å². The Morgan fingerprint density at radius 2 is 1.87 bits per heavy atom. The zero-order chi connectivity index (χ0) is 11.3. The highest BCUT2D eigenvalue weighted by Gasteiger charge is 2.20. The van der Waals surface area contributed by atoms with Gasteiger partial charge in [0.1, 0.15) is 0 Å². The maximum atomic E-state index is 8.96. The largest absolute Gasteiger partial charge is 0.395 e. The summed E-state index contributed by atoms with van der Waals surface area (Å²) in [5, 5.41) is 12.4. The molecule has 0 spiro atoms. The minimum atomic E-state index is 0.242. The summed E-state index contributed by atoms with van der Waals surface area (Å²) in [6.07, 6.45) is 2.44. The van der Waals surface area contributed by atoms with Crippen LogP contribution in [0.25, 0.3) is 0 Å². The summed E-state index contributed by atoms with van der Waals surface area (Å²) in [6, 6.07) is 0.849. The van der Waals surface area contributed by atoms with E-state index in [1.807, 2.05) is 6.92 Å². The van der Waals surface area contributed by atoms with Crippen LogP contribution in [0.2, 0.25) is 0 Å². The molecule has 3 heteroatoms. The maximum Gasteiger partial charge on any atom is 0.0582 e. The van der Waals surface area contributed by atoms with Gasteiger partial charge in [-0.25, -0.2) is 0 Å². The summed E-state index contributed by atoms with van der Waals surface area (Å²) in [5.74, 6) is 0.769. The Morgan fingerprint density at radius 1 is 1.27 bits per heavy atom. The average molecular weight is 214 g/mol. The van der Waals surface area contributed by atoms with Crippen LogP contribution in [0, 0.1) is 5.92 Å². The first kappa shape index (κ1) is 12.9. The average Bonchev–Trinajstić information content (AvgIpc) is 2.20. The van der Waals surface area contributed by atoms with Gasteiger partial charge in [-0.15, -0.1) is 0 Å². The van der Waals surface area contributed by atoms with Crippen molar-refractivity contribution in [3.63, 3.8) is 0 Å². The van der Waals surface area contributed by atoms with Gasteiger partial charge < -0.3 is 15.3 Å². The number of hydrogen-bond acceptors (Lipinski definition) is 3. The van der Waals surface area contributed by atoms with Gasteiger partial charge in [-0.1, -0.05) is 13.8 Å². The highest BCUT2D eigenvalue weighted by Crippen LogP contribution is 2.12. The molecule has 1 fully saturated rings. The Bertz CT molecular complexity index is 165. The number of aliphatic hydroxyl groups is 1. The van der Waals surface area contributed by atoms with E-state index < -0.39 is 0 Å². The summed E-state index contributed by atoms with van der Waals surface area (Å²) >= 11 is 0. The molecule has 0 aliphatic carbocycles. The Labute approximate surface area is 93.9 Å². The topological polar surface area (TPSA) is 35.5 Å². The van der Waals surface area contributed by atoms with Crippen molar-refractivity contribution in [2.75, 3.05) is 26.2 Å². The molecule has 2 N–H and O–H groups in total. The van der Waals surface area contributed by atoms with E-state index in [1.54, 1.807) is 0 Å². The Morgan fingerprint density at radius 3 is 2.33 bits per heavy atom. The molecule has 1 aliphatic rings. The van der Waals surface area contributed by atoms with Gasteiger partial charge in [0.25, 0.3) is 0 Å². The van der Waals surface area contributed by atoms with E-state index in [0.29, 0.717) is 6.04 Å². The number of rotatable bonds is 5. The molecule has 0 saturated carbocycles. The number of nitrogens with one attached hydrogen (secondary N) is 1. The molecule has 3 nitrogen and oxygen atoms in total. The standard InChI is InChI=1S/C12H26N2O/c1-10(2)8-14-6-4-12(5-7-14)13-11(3)9-15/h10-13,15H,4-9H2,1-3H3/t11-/m0/s1. The van der Waals surface area contributed by atoms with Crippen molar-refractivity contribution in [3.05, 3.63) is 0 Å². The van der Waals surface area contributed by atoms with E-state index >= 15 is 0 Å². The summed E-state index contributed by atoms with van der Waals surface area (Å²) in [6.45, 7) is 10.5. The molecular formula is C12H26N2O. The van der Waals surface area contributed by atoms with Crippen molar-refractivity contribution < 1.29 is 5.11 Å². The highest BCUT2D eigenvalue weighted by molar-refractivity contribution is 4.79. The molecule has 0 bridgehead atoms. The number of nitrogens with zero attached hydrogens (tertiary/aromatic N) is 1. The van der Waals surface area contributed by atoms with E-state index in [0.717, 1.165) is 5.92 Å². The fourth-order valence-electron chi connectivity index (χ4n) is 2.25. The van der Waals surface area contributed by atoms with Crippen LogP contribution >= 0.6 is 0 Å². The molecule has 1 rings (SSSR count). The third-order valence-corrected chi connectivity index (χ3v) is 3.01. The van der Waals surface area contributed by atoms with Gasteiger partial charge in [0.15, 0.2) is 0 Å². The van der Waals surface area contributed by atoms with Crippen LogP contribution in [-0.2, 0) is 0 Å². The van der Waals surface area contributed by atoms with E-state index in [-0.39, 0.29) is 12.6 Å². The van der Waals surface area contributed by atoms with Gasteiger partial charge in [-0.2, -0.15) is 0 Å². The van der Waals surface area contributed by atoms with E-state index in [1.165, 1.54) is 32.5 Å². The van der Waals surface area contributed by atoms with Crippen LogP contribution < -0.4 is 5.32 Å². The molecule has 0 aromatic heterocycles. The first-order chi connectivity index (χ1) is 7.11. The van der Waals surface area contributed by atoms with Crippen LogP contribution in [-0.4, -0.2) is 48.3 Å². The van der Waals surface area contributed by atoms with Crippen LogP contribution in [0.1, 0.15) is 33.6 Å². The lowest BCUT2D eigenvalue weighted by molar-refractivity contribution is 0.163. The molecule has 0 aromatic rings. The lowest BCUT2D eigenvalue weighted by atomic mass is 10.0. The molecule has 0 aromatic carbocycles. The predicted molar refractivity (Wildman–Crippen MR) is 64.0 cm³/mol. The fraction of sp³-hybridized carbons (Fsp3) is 1.00. The second-order valence-electron chi connectivity index (χ2n) is 5.22. The van der Waals surface area contributed by atoms with Crippen LogP contribution in [0.5, 0.6) is 0 Å². The smallest absolute Gasteiger partial charge is 0.0582 e. The van der Waals surface area contributed by atoms with Gasteiger partial charge in [0.2, 0.25) is 0 Å². The maximum absolute atomic E-state index is 8.96. The summed E-state index contributed by atoms with van der Waals surface area (Å²) in [7, 11) is 0. The first-order valence-electron chi connectivity index (χ1n) is 6.21. The minimum Gasteiger partial charge on any atom is -0.395 e. The molecule has 90 valence electrons. The monoisotopic (exact) mass is 214 g/mol. The molecule has 1 aliphatic heterocycles. The molecule has 0 amide bonds. The van der Waals surface area contributed by atoms with Crippen molar-refractivity contribution in [1.82, 2.24) is 10.2 Å². The van der Waals surface area contributed by atoms with Crippen molar-refractivity contribution >= 4 is 0 Å². The molecule has 15 heavy (non-hydrogen) atoms. The van der Waals surface area contributed by atoms with Crippen molar-refractivity contribution in [1.29, 1.82) is 0 Å². The second-order valence-corrected chi connectivity index (χ2v) is 5.22. The third kappa shape index (κ3) is 4.96. The van der Waals surface area contributed by atoms with E-state index in [9.17, 15) is 0 Å². The molecule has 1 saturated heterocycles. The van der Waals surface area contributed by atoms with Crippen LogP contribution in [0.3, 0.4) is 0 Å². The Hall–Kier alpha value is -0.120. The number of likely N-dealkylation sites (tertiary alicyclic amines) is 1. The number of piperidine rings is 1. The van der Waals surface area contributed by atoms with Gasteiger partial charge >= 0.3 is 0 Å². The summed E-state index contributed by atoms with van der Waals surface area (Å²) in [4.78, 5) is 2.55. The van der Waals surface area contributed by atoms with Gasteiger partial charge in [0.05, 0.1) is 6.61 Å². The molecular weight excluding hydrogens is 188 g/mol. The normalized spacial score (nSPS) is 22.2. The zero-order valence-electron chi connectivity index (χ0n) is 10.4. The molecule has 0 unspecified atom stereocenters. The van der Waals surface area contributed by atoms with Crippen LogP contribution in [0.4, 0.5) is 0 Å². The molecule has 0 radical (unpaired) electrons. The quantitative estimate of drug-likeness (QED) is 0.719. The lowest BCUT2D eigenvalue weighted by Crippen LogP contribution is -2.47. The van der Waals surface area contributed by atoms with Gasteiger partial charge in [0, 0.05) is 18.6 Å². The second kappa shape index (κ2) is 6.46. The van der Waals surface area contributed by atoms with Crippen molar-refractivity contribution in [2.24, 2.45) is 5.92 Å². The molecule has 1 heterocycles. The summed E-state index contributed by atoms with van der Waals surface area (Å²) in [5.41, 5.74) is 0. The predicted octanol–water partition coefficient (Wildman–Crippen LogP) is 1.08.